The van der Waals surface area contributed by atoms with Crippen molar-refractivity contribution in [2.45, 2.75) is 23.6 Å². The molecule has 0 radical (unpaired) electrons. The first kappa shape index (κ1) is 18.5. The van der Waals surface area contributed by atoms with Crippen molar-refractivity contribution in [1.29, 1.82) is 0 Å². The zero-order valence-corrected chi connectivity index (χ0v) is 14.9. The summed E-state index contributed by atoms with van der Waals surface area (Å²) in [4.78, 5) is 13.0. The van der Waals surface area contributed by atoms with Crippen LogP contribution >= 0.6 is 23.1 Å². The minimum atomic E-state index is -4.55. The number of thioether (sulfide) groups is 1. The van der Waals surface area contributed by atoms with Gasteiger partial charge in [0.25, 0.3) is 11.1 Å². The van der Waals surface area contributed by atoms with Crippen molar-refractivity contribution in [3.8, 4) is 10.8 Å². The van der Waals surface area contributed by atoms with Crippen LogP contribution in [-0.2, 0) is 11.0 Å². The minimum absolute atomic E-state index is 0.167. The van der Waals surface area contributed by atoms with Crippen molar-refractivity contribution in [2.75, 3.05) is 5.32 Å². The molecule has 0 bridgehead atoms. The Labute approximate surface area is 154 Å². The fraction of sp³-hybridized carbons (Fsp3) is 0.188. The SMILES string of the molecule is C[C@H](Sc1nnc(-c2cccs2)o1)C(=O)Nc1ccccc1C(F)(F)F. The predicted octanol–water partition coefficient (Wildman–Crippen LogP) is 4.94. The van der Waals surface area contributed by atoms with Crippen molar-refractivity contribution in [2.24, 2.45) is 0 Å². The summed E-state index contributed by atoms with van der Waals surface area (Å²) in [5, 5.41) is 11.3. The smallest absolute Gasteiger partial charge is 0.410 e. The number of alkyl halides is 3. The first-order chi connectivity index (χ1) is 12.3. The molecule has 0 aliphatic heterocycles. The Morgan fingerprint density at radius 3 is 2.69 bits per heavy atom. The number of rotatable bonds is 5. The van der Waals surface area contributed by atoms with Crippen LogP contribution < -0.4 is 5.32 Å². The number of anilines is 1. The molecule has 0 saturated carbocycles. The van der Waals surface area contributed by atoms with Crippen LogP contribution in [0.3, 0.4) is 0 Å². The van der Waals surface area contributed by atoms with E-state index in [4.69, 9.17) is 4.42 Å². The van der Waals surface area contributed by atoms with Gasteiger partial charge >= 0.3 is 6.18 Å². The van der Waals surface area contributed by atoms with Gasteiger partial charge in [-0.2, -0.15) is 13.2 Å². The Morgan fingerprint density at radius 2 is 2.00 bits per heavy atom. The van der Waals surface area contributed by atoms with E-state index in [0.717, 1.165) is 22.7 Å². The van der Waals surface area contributed by atoms with Crippen molar-refractivity contribution in [3.63, 3.8) is 0 Å². The van der Waals surface area contributed by atoms with Gasteiger partial charge in [-0.1, -0.05) is 30.0 Å². The van der Waals surface area contributed by atoms with Crippen LogP contribution in [0.15, 0.2) is 51.4 Å². The lowest BCUT2D eigenvalue weighted by Gasteiger charge is -2.15. The van der Waals surface area contributed by atoms with E-state index in [-0.39, 0.29) is 10.9 Å². The summed E-state index contributed by atoms with van der Waals surface area (Å²) in [5.41, 5.74) is -1.19. The molecule has 5 nitrogen and oxygen atoms in total. The summed E-state index contributed by atoms with van der Waals surface area (Å²) in [7, 11) is 0. The van der Waals surface area contributed by atoms with E-state index in [1.165, 1.54) is 29.5 Å². The van der Waals surface area contributed by atoms with Gasteiger partial charge in [0.15, 0.2) is 0 Å². The van der Waals surface area contributed by atoms with Crippen LogP contribution in [0.1, 0.15) is 12.5 Å². The lowest BCUT2D eigenvalue weighted by atomic mass is 10.1. The lowest BCUT2D eigenvalue weighted by molar-refractivity contribution is -0.137. The van der Waals surface area contributed by atoms with Crippen molar-refractivity contribution in [1.82, 2.24) is 10.2 Å². The monoisotopic (exact) mass is 399 g/mol. The lowest BCUT2D eigenvalue weighted by Crippen LogP contribution is -2.24. The molecule has 1 N–H and O–H groups in total. The molecular formula is C16H12F3N3O2S2. The van der Waals surface area contributed by atoms with Crippen LogP contribution in [0, 0.1) is 0 Å². The van der Waals surface area contributed by atoms with E-state index >= 15 is 0 Å². The number of amides is 1. The van der Waals surface area contributed by atoms with Crippen LogP contribution in [0.25, 0.3) is 10.8 Å². The summed E-state index contributed by atoms with van der Waals surface area (Å²) >= 11 is 2.40. The predicted molar refractivity (Wildman–Crippen MR) is 93.0 cm³/mol. The molecule has 10 heteroatoms. The van der Waals surface area contributed by atoms with Crippen LogP contribution in [0.4, 0.5) is 18.9 Å². The number of para-hydroxylation sites is 1. The highest BCUT2D eigenvalue weighted by atomic mass is 32.2. The van der Waals surface area contributed by atoms with E-state index in [1.807, 2.05) is 17.5 Å². The van der Waals surface area contributed by atoms with E-state index in [2.05, 4.69) is 15.5 Å². The summed E-state index contributed by atoms with van der Waals surface area (Å²) in [5.74, 6) is -0.264. The maximum Gasteiger partial charge on any atom is 0.418 e. The number of thiophene rings is 1. The first-order valence-electron chi connectivity index (χ1n) is 7.35. The third-order valence-electron chi connectivity index (χ3n) is 3.28. The highest BCUT2D eigenvalue weighted by Crippen LogP contribution is 2.35. The van der Waals surface area contributed by atoms with Gasteiger partial charge in [-0.15, -0.1) is 21.5 Å². The molecule has 0 aliphatic carbocycles. The quantitative estimate of drug-likeness (QED) is 0.616. The second kappa shape index (κ2) is 7.50. The number of hydrogen-bond acceptors (Lipinski definition) is 6. The molecule has 0 fully saturated rings. The highest BCUT2D eigenvalue weighted by Gasteiger charge is 2.34. The van der Waals surface area contributed by atoms with Crippen LogP contribution in [0.5, 0.6) is 0 Å². The molecule has 136 valence electrons. The largest absolute Gasteiger partial charge is 0.418 e. The van der Waals surface area contributed by atoms with E-state index in [1.54, 1.807) is 6.92 Å². The molecule has 1 aromatic carbocycles. The molecule has 0 aliphatic rings. The molecule has 2 heterocycles. The van der Waals surface area contributed by atoms with Gasteiger partial charge in [-0.3, -0.25) is 4.79 Å². The van der Waals surface area contributed by atoms with Crippen molar-refractivity contribution < 1.29 is 22.4 Å². The van der Waals surface area contributed by atoms with E-state index < -0.39 is 22.9 Å². The van der Waals surface area contributed by atoms with Gasteiger partial charge in [0.1, 0.15) is 0 Å². The van der Waals surface area contributed by atoms with Crippen molar-refractivity contribution >= 4 is 34.7 Å². The summed E-state index contributed by atoms with van der Waals surface area (Å²) in [6, 6.07) is 8.47. The average molecular weight is 399 g/mol. The Kier molecular flexibility index (Phi) is 5.33. The van der Waals surface area contributed by atoms with Crippen LogP contribution in [-0.4, -0.2) is 21.4 Å². The van der Waals surface area contributed by atoms with Crippen LogP contribution in [0.2, 0.25) is 0 Å². The molecule has 2 aromatic heterocycles. The van der Waals surface area contributed by atoms with Crippen molar-refractivity contribution in [3.05, 3.63) is 47.3 Å². The molecule has 0 unspecified atom stereocenters. The average Bonchev–Trinajstić information content (AvgIpc) is 3.25. The Bertz CT molecular complexity index is 894. The summed E-state index contributed by atoms with van der Waals surface area (Å²) in [6.45, 7) is 1.55. The van der Waals surface area contributed by atoms with Gasteiger partial charge in [0.05, 0.1) is 21.4 Å². The Hall–Kier alpha value is -2.33. The molecule has 1 atom stereocenters. The molecule has 26 heavy (non-hydrogen) atoms. The fourth-order valence-electron chi connectivity index (χ4n) is 2.04. The van der Waals surface area contributed by atoms with E-state index in [9.17, 15) is 18.0 Å². The molecule has 0 spiro atoms. The Morgan fingerprint density at radius 1 is 1.23 bits per heavy atom. The zero-order valence-electron chi connectivity index (χ0n) is 13.3. The number of carbonyl (C=O) groups excluding carboxylic acids is 1. The van der Waals surface area contributed by atoms with Gasteiger partial charge in [-0.25, -0.2) is 0 Å². The third kappa shape index (κ3) is 4.25. The third-order valence-corrected chi connectivity index (χ3v) is 5.07. The van der Waals surface area contributed by atoms with Gasteiger partial charge in [0, 0.05) is 0 Å². The molecular weight excluding hydrogens is 387 g/mol. The Balaban J connectivity index is 1.68. The first-order valence-corrected chi connectivity index (χ1v) is 9.11. The number of halogens is 3. The summed E-state index contributed by atoms with van der Waals surface area (Å²) < 4.78 is 44.5. The number of aromatic nitrogens is 2. The number of hydrogen-bond donors (Lipinski definition) is 1. The summed E-state index contributed by atoms with van der Waals surface area (Å²) in [6.07, 6.45) is -4.55. The molecule has 0 saturated heterocycles. The van der Waals surface area contributed by atoms with Gasteiger partial charge < -0.3 is 9.73 Å². The number of carbonyl (C=O) groups is 1. The molecule has 3 aromatic rings. The van der Waals surface area contributed by atoms with Gasteiger partial charge in [0.2, 0.25) is 5.91 Å². The topological polar surface area (TPSA) is 68.0 Å². The highest BCUT2D eigenvalue weighted by molar-refractivity contribution is 8.00. The zero-order chi connectivity index (χ0) is 18.7. The molecule has 3 rings (SSSR count). The number of benzene rings is 1. The number of nitrogens with zero attached hydrogens (tertiary/aromatic N) is 2. The standard InChI is InChI=1S/C16H12F3N3O2S2/c1-9(26-15-22-21-14(24-15)12-7-4-8-25-12)13(23)20-11-6-3-2-5-10(11)16(17,18)19/h2-9H,1H3,(H,20,23)/t9-/m0/s1. The minimum Gasteiger partial charge on any atom is -0.410 e. The maximum atomic E-state index is 13.0. The second-order valence-corrected chi connectivity index (χ2v) is 7.38. The maximum absolute atomic E-state index is 13.0. The van der Waals surface area contributed by atoms with E-state index in [0.29, 0.717) is 5.89 Å². The fourth-order valence-corrected chi connectivity index (χ4v) is 3.36. The van der Waals surface area contributed by atoms with Gasteiger partial charge in [-0.05, 0) is 30.5 Å². The normalized spacial score (nSPS) is 12.8. The second-order valence-electron chi connectivity index (χ2n) is 5.14. The molecule has 1 amide bonds. The number of nitrogens with one attached hydrogen (secondary N) is 1.